The second-order valence-corrected chi connectivity index (χ2v) is 6.18. The van der Waals surface area contributed by atoms with E-state index in [2.05, 4.69) is 12.2 Å². The summed E-state index contributed by atoms with van der Waals surface area (Å²) in [5, 5.41) is 15.6. The molecule has 3 aromatic rings. The Morgan fingerprint density at radius 1 is 1.00 bits per heavy atom. The molecule has 0 aliphatic rings. The number of carbonyl (C=O) groups excluding carboxylic acids is 1. The first-order chi connectivity index (χ1) is 12.2. The lowest BCUT2D eigenvalue weighted by molar-refractivity contribution is 0.0943. The summed E-state index contributed by atoms with van der Waals surface area (Å²) >= 11 is 0. The van der Waals surface area contributed by atoms with Gasteiger partial charge in [0.1, 0.15) is 0 Å². The molecule has 0 saturated heterocycles. The van der Waals surface area contributed by atoms with Crippen LogP contribution in [0, 0.1) is 0 Å². The Balaban J connectivity index is 1.60. The van der Waals surface area contributed by atoms with Gasteiger partial charge in [-0.1, -0.05) is 61.5 Å². The van der Waals surface area contributed by atoms with Crippen LogP contribution in [0.1, 0.15) is 40.9 Å². The van der Waals surface area contributed by atoms with Gasteiger partial charge in [0.25, 0.3) is 5.91 Å². The number of aliphatic hydroxyl groups excluding tert-OH is 1. The summed E-state index contributed by atoms with van der Waals surface area (Å²) in [7, 11) is 0. The largest absolute Gasteiger partial charge is 0.388 e. The molecule has 3 nitrogen and oxygen atoms in total. The van der Waals surface area contributed by atoms with Crippen molar-refractivity contribution in [2.24, 2.45) is 0 Å². The van der Waals surface area contributed by atoms with E-state index < -0.39 is 6.10 Å². The van der Waals surface area contributed by atoms with Gasteiger partial charge in [0.05, 0.1) is 6.10 Å². The SMILES string of the molecule is CCc1ccc(C(=O)NCCC(O)c2cccc3ccccc23)cc1. The zero-order chi connectivity index (χ0) is 17.6. The van der Waals surface area contributed by atoms with E-state index in [-0.39, 0.29) is 5.91 Å². The van der Waals surface area contributed by atoms with Crippen molar-refractivity contribution in [2.45, 2.75) is 25.9 Å². The van der Waals surface area contributed by atoms with Crippen molar-refractivity contribution < 1.29 is 9.90 Å². The summed E-state index contributed by atoms with van der Waals surface area (Å²) < 4.78 is 0. The van der Waals surface area contributed by atoms with Gasteiger partial charge < -0.3 is 10.4 Å². The molecule has 0 heterocycles. The molecule has 3 aromatic carbocycles. The number of fused-ring (bicyclic) bond motifs is 1. The van der Waals surface area contributed by atoms with Crippen molar-refractivity contribution in [1.82, 2.24) is 5.32 Å². The Bertz CT molecular complexity index is 850. The number of rotatable bonds is 6. The maximum atomic E-state index is 12.2. The number of hydrogen-bond donors (Lipinski definition) is 2. The fourth-order valence-electron chi connectivity index (χ4n) is 3.01. The van der Waals surface area contributed by atoms with Crippen LogP contribution in [0.3, 0.4) is 0 Å². The Hall–Kier alpha value is -2.65. The molecule has 0 aromatic heterocycles. The van der Waals surface area contributed by atoms with Gasteiger partial charge in [0, 0.05) is 12.1 Å². The molecule has 0 saturated carbocycles. The van der Waals surface area contributed by atoms with Crippen LogP contribution in [-0.4, -0.2) is 17.6 Å². The highest BCUT2D eigenvalue weighted by atomic mass is 16.3. The molecule has 0 spiro atoms. The first-order valence-corrected chi connectivity index (χ1v) is 8.72. The van der Waals surface area contributed by atoms with Gasteiger partial charge >= 0.3 is 0 Å². The molecule has 3 heteroatoms. The monoisotopic (exact) mass is 333 g/mol. The predicted octanol–water partition coefficient (Wildman–Crippen LogP) is 4.26. The zero-order valence-electron chi connectivity index (χ0n) is 14.4. The molecular formula is C22H23NO2. The second-order valence-electron chi connectivity index (χ2n) is 6.18. The predicted molar refractivity (Wildman–Crippen MR) is 102 cm³/mol. The standard InChI is InChI=1S/C22H23NO2/c1-2-16-10-12-18(13-11-16)22(25)23-15-14-21(24)20-9-5-7-17-6-3-4-8-19(17)20/h3-13,21,24H,2,14-15H2,1H3,(H,23,25). The Morgan fingerprint density at radius 3 is 2.48 bits per heavy atom. The lowest BCUT2D eigenvalue weighted by Crippen LogP contribution is -2.25. The summed E-state index contributed by atoms with van der Waals surface area (Å²) in [5.74, 6) is -0.104. The van der Waals surface area contributed by atoms with E-state index in [1.54, 1.807) is 0 Å². The van der Waals surface area contributed by atoms with Crippen molar-refractivity contribution in [3.63, 3.8) is 0 Å². The van der Waals surface area contributed by atoms with Crippen LogP contribution in [0.5, 0.6) is 0 Å². The molecule has 1 unspecified atom stereocenters. The molecule has 1 amide bonds. The van der Waals surface area contributed by atoms with E-state index in [9.17, 15) is 9.90 Å². The smallest absolute Gasteiger partial charge is 0.251 e. The van der Waals surface area contributed by atoms with Crippen LogP contribution in [-0.2, 0) is 6.42 Å². The maximum Gasteiger partial charge on any atom is 0.251 e. The summed E-state index contributed by atoms with van der Waals surface area (Å²) in [5.41, 5.74) is 2.76. The summed E-state index contributed by atoms with van der Waals surface area (Å²) in [4.78, 5) is 12.2. The Morgan fingerprint density at radius 2 is 1.72 bits per heavy atom. The maximum absolute atomic E-state index is 12.2. The average molecular weight is 333 g/mol. The minimum atomic E-state index is -0.603. The van der Waals surface area contributed by atoms with Crippen LogP contribution in [0.15, 0.2) is 66.7 Å². The number of nitrogens with one attached hydrogen (secondary N) is 1. The molecule has 0 aliphatic carbocycles. The lowest BCUT2D eigenvalue weighted by atomic mass is 9.99. The minimum absolute atomic E-state index is 0.104. The van der Waals surface area contributed by atoms with Crippen LogP contribution in [0.4, 0.5) is 0 Å². The van der Waals surface area contributed by atoms with Crippen LogP contribution < -0.4 is 5.32 Å². The van der Waals surface area contributed by atoms with Crippen molar-refractivity contribution in [3.05, 3.63) is 83.4 Å². The van der Waals surface area contributed by atoms with E-state index in [0.717, 1.165) is 22.8 Å². The fraction of sp³-hybridized carbons (Fsp3) is 0.227. The van der Waals surface area contributed by atoms with Crippen LogP contribution >= 0.6 is 0 Å². The molecule has 128 valence electrons. The molecule has 1 atom stereocenters. The van der Waals surface area contributed by atoms with E-state index in [0.29, 0.717) is 18.5 Å². The first-order valence-electron chi connectivity index (χ1n) is 8.72. The Labute approximate surface area is 148 Å². The third-order valence-electron chi connectivity index (χ3n) is 4.51. The van der Waals surface area contributed by atoms with Crippen LogP contribution in [0.25, 0.3) is 10.8 Å². The highest BCUT2D eigenvalue weighted by Gasteiger charge is 2.12. The van der Waals surface area contributed by atoms with Gasteiger partial charge in [-0.15, -0.1) is 0 Å². The molecule has 0 bridgehead atoms. The molecule has 25 heavy (non-hydrogen) atoms. The van der Waals surface area contributed by atoms with Gasteiger partial charge in [0.15, 0.2) is 0 Å². The molecule has 0 fully saturated rings. The molecule has 0 radical (unpaired) electrons. The average Bonchev–Trinajstić information content (AvgIpc) is 2.67. The van der Waals surface area contributed by atoms with E-state index >= 15 is 0 Å². The number of aryl methyl sites for hydroxylation is 1. The van der Waals surface area contributed by atoms with Gasteiger partial charge in [-0.2, -0.15) is 0 Å². The van der Waals surface area contributed by atoms with Gasteiger partial charge in [-0.05, 0) is 46.9 Å². The van der Waals surface area contributed by atoms with E-state index in [4.69, 9.17) is 0 Å². The van der Waals surface area contributed by atoms with Gasteiger partial charge in [-0.3, -0.25) is 4.79 Å². The number of amides is 1. The van der Waals surface area contributed by atoms with Gasteiger partial charge in [0.2, 0.25) is 0 Å². The lowest BCUT2D eigenvalue weighted by Gasteiger charge is -2.14. The van der Waals surface area contributed by atoms with Gasteiger partial charge in [-0.25, -0.2) is 0 Å². The normalized spacial score (nSPS) is 12.1. The third kappa shape index (κ3) is 4.06. The summed E-state index contributed by atoms with van der Waals surface area (Å²) in [6.07, 6.45) is 0.834. The summed E-state index contributed by atoms with van der Waals surface area (Å²) in [6.45, 7) is 2.52. The zero-order valence-corrected chi connectivity index (χ0v) is 14.4. The Kier molecular flexibility index (Phi) is 5.46. The number of aliphatic hydroxyl groups is 1. The molecule has 2 N–H and O–H groups in total. The topological polar surface area (TPSA) is 49.3 Å². The molecule has 3 rings (SSSR count). The highest BCUT2D eigenvalue weighted by molar-refractivity contribution is 5.94. The minimum Gasteiger partial charge on any atom is -0.388 e. The van der Waals surface area contributed by atoms with E-state index in [1.807, 2.05) is 66.7 Å². The van der Waals surface area contributed by atoms with Crippen molar-refractivity contribution in [3.8, 4) is 0 Å². The fourth-order valence-corrected chi connectivity index (χ4v) is 3.01. The summed E-state index contributed by atoms with van der Waals surface area (Å²) in [6, 6.07) is 21.6. The molecular weight excluding hydrogens is 310 g/mol. The molecule has 0 aliphatic heterocycles. The van der Waals surface area contributed by atoms with Crippen molar-refractivity contribution in [2.75, 3.05) is 6.54 Å². The van der Waals surface area contributed by atoms with E-state index in [1.165, 1.54) is 5.56 Å². The van der Waals surface area contributed by atoms with Crippen LogP contribution in [0.2, 0.25) is 0 Å². The van der Waals surface area contributed by atoms with Crippen molar-refractivity contribution >= 4 is 16.7 Å². The number of hydrogen-bond acceptors (Lipinski definition) is 2. The quantitative estimate of drug-likeness (QED) is 0.708. The first kappa shape index (κ1) is 17.2. The number of carbonyl (C=O) groups is 1. The highest BCUT2D eigenvalue weighted by Crippen LogP contribution is 2.25. The third-order valence-corrected chi connectivity index (χ3v) is 4.51. The second kappa shape index (κ2) is 7.95. The van der Waals surface area contributed by atoms with Crippen molar-refractivity contribution in [1.29, 1.82) is 0 Å². The number of benzene rings is 3.